The first-order valence-corrected chi connectivity index (χ1v) is 8.46. The molecule has 3 rings (SSSR count). The molecule has 5 nitrogen and oxygen atoms in total. The topological polar surface area (TPSA) is 68.0 Å². The normalized spacial score (nSPS) is 12.0. The first kappa shape index (κ1) is 17.8. The van der Waals surface area contributed by atoms with Gasteiger partial charge in [-0.25, -0.2) is 4.39 Å². The van der Waals surface area contributed by atoms with Crippen LogP contribution < -0.4 is 5.32 Å². The number of nitrogens with one attached hydrogen (secondary N) is 1. The highest BCUT2D eigenvalue weighted by Gasteiger charge is 2.14. The summed E-state index contributed by atoms with van der Waals surface area (Å²) in [6.07, 6.45) is 0.599. The summed E-state index contributed by atoms with van der Waals surface area (Å²) in [6, 6.07) is 13.7. The molecular weight excluding hydrogens is 333 g/mol. The highest BCUT2D eigenvalue weighted by Crippen LogP contribution is 2.20. The molecule has 0 unspecified atom stereocenters. The summed E-state index contributed by atoms with van der Waals surface area (Å²) < 4.78 is 18.2. The van der Waals surface area contributed by atoms with Crippen molar-refractivity contribution < 1.29 is 13.7 Å². The van der Waals surface area contributed by atoms with E-state index >= 15 is 0 Å². The van der Waals surface area contributed by atoms with E-state index in [1.54, 1.807) is 12.1 Å². The van der Waals surface area contributed by atoms with Crippen LogP contribution in [0.2, 0.25) is 0 Å². The fraction of sp³-hybridized carbons (Fsp3) is 0.250. The molecule has 1 aromatic heterocycles. The molecule has 1 amide bonds. The summed E-state index contributed by atoms with van der Waals surface area (Å²) in [5.74, 6) is 0.525. The van der Waals surface area contributed by atoms with Gasteiger partial charge in [0.1, 0.15) is 5.82 Å². The molecule has 2 aromatic carbocycles. The third kappa shape index (κ3) is 4.33. The zero-order chi connectivity index (χ0) is 18.5. The number of carbonyl (C=O) groups is 1. The summed E-state index contributed by atoms with van der Waals surface area (Å²) in [7, 11) is 0. The monoisotopic (exact) mass is 353 g/mol. The van der Waals surface area contributed by atoms with Crippen LogP contribution in [0, 0.1) is 12.7 Å². The van der Waals surface area contributed by atoms with Crippen LogP contribution in [-0.4, -0.2) is 16.0 Å². The van der Waals surface area contributed by atoms with E-state index in [0.717, 1.165) is 16.7 Å². The molecule has 1 heterocycles. The fourth-order valence-corrected chi connectivity index (χ4v) is 2.66. The maximum Gasteiger partial charge on any atom is 0.227 e. The molecular formula is C20H20FN3O2. The van der Waals surface area contributed by atoms with Crippen molar-refractivity contribution in [1.82, 2.24) is 15.5 Å². The summed E-state index contributed by atoms with van der Waals surface area (Å²) in [4.78, 5) is 16.5. The molecule has 1 N–H and O–H groups in total. The summed E-state index contributed by atoms with van der Waals surface area (Å²) >= 11 is 0. The number of hydrogen-bond donors (Lipinski definition) is 1. The van der Waals surface area contributed by atoms with E-state index in [1.165, 1.54) is 12.1 Å². The number of rotatable bonds is 6. The van der Waals surface area contributed by atoms with Gasteiger partial charge in [0.25, 0.3) is 0 Å². The minimum atomic E-state index is -0.298. The number of amides is 1. The van der Waals surface area contributed by atoms with E-state index in [1.807, 2.05) is 38.1 Å². The Balaban J connectivity index is 1.55. The van der Waals surface area contributed by atoms with Gasteiger partial charge < -0.3 is 9.84 Å². The maximum absolute atomic E-state index is 13.0. The van der Waals surface area contributed by atoms with Gasteiger partial charge in [-0.2, -0.15) is 4.98 Å². The van der Waals surface area contributed by atoms with Gasteiger partial charge in [0.05, 0.1) is 6.04 Å². The van der Waals surface area contributed by atoms with Gasteiger partial charge in [0.15, 0.2) is 0 Å². The van der Waals surface area contributed by atoms with Crippen LogP contribution in [0.1, 0.15) is 36.4 Å². The van der Waals surface area contributed by atoms with E-state index in [0.29, 0.717) is 18.1 Å². The molecule has 0 aliphatic heterocycles. The zero-order valence-corrected chi connectivity index (χ0v) is 14.7. The number of hydrogen-bond acceptors (Lipinski definition) is 4. The Kier molecular flexibility index (Phi) is 5.41. The molecule has 1 atom stereocenters. The number of carbonyl (C=O) groups excluding carboxylic acids is 1. The molecule has 0 fully saturated rings. The van der Waals surface area contributed by atoms with Crippen LogP contribution in [0.5, 0.6) is 0 Å². The molecule has 3 aromatic rings. The van der Waals surface area contributed by atoms with E-state index in [-0.39, 0.29) is 24.2 Å². The predicted octanol–water partition coefficient (Wildman–Crippen LogP) is 3.99. The van der Waals surface area contributed by atoms with Crippen molar-refractivity contribution in [3.05, 3.63) is 71.4 Å². The SMILES string of the molecule is Cc1ccccc1-c1noc(CCC(=O)N[C@H](C)c2ccc(F)cc2)n1. The Hall–Kier alpha value is -3.02. The van der Waals surface area contributed by atoms with Crippen molar-refractivity contribution >= 4 is 5.91 Å². The largest absolute Gasteiger partial charge is 0.350 e. The molecule has 0 aliphatic rings. The average molecular weight is 353 g/mol. The van der Waals surface area contributed by atoms with E-state index in [2.05, 4.69) is 15.5 Å². The number of halogens is 1. The molecule has 0 bridgehead atoms. The van der Waals surface area contributed by atoms with Crippen molar-refractivity contribution in [2.75, 3.05) is 0 Å². The Bertz CT molecular complexity index is 890. The van der Waals surface area contributed by atoms with Crippen LogP contribution in [0.4, 0.5) is 4.39 Å². The molecule has 0 saturated carbocycles. The van der Waals surface area contributed by atoms with Crippen molar-refractivity contribution in [3.63, 3.8) is 0 Å². The Morgan fingerprint density at radius 2 is 1.92 bits per heavy atom. The third-order valence-corrected chi connectivity index (χ3v) is 4.17. The average Bonchev–Trinajstić information content (AvgIpc) is 3.09. The van der Waals surface area contributed by atoms with E-state index in [9.17, 15) is 9.18 Å². The second kappa shape index (κ2) is 7.91. The van der Waals surface area contributed by atoms with Crippen molar-refractivity contribution in [2.45, 2.75) is 32.7 Å². The van der Waals surface area contributed by atoms with E-state index < -0.39 is 0 Å². The minimum Gasteiger partial charge on any atom is -0.350 e. The predicted molar refractivity (Wildman–Crippen MR) is 95.7 cm³/mol. The van der Waals surface area contributed by atoms with Crippen LogP contribution in [-0.2, 0) is 11.2 Å². The smallest absolute Gasteiger partial charge is 0.227 e. The van der Waals surface area contributed by atoms with Gasteiger partial charge in [-0.15, -0.1) is 0 Å². The lowest BCUT2D eigenvalue weighted by atomic mass is 10.1. The highest BCUT2D eigenvalue weighted by atomic mass is 19.1. The highest BCUT2D eigenvalue weighted by molar-refractivity contribution is 5.76. The van der Waals surface area contributed by atoms with Gasteiger partial charge in [-0.3, -0.25) is 4.79 Å². The zero-order valence-electron chi connectivity index (χ0n) is 14.7. The van der Waals surface area contributed by atoms with Crippen molar-refractivity contribution in [2.24, 2.45) is 0 Å². The maximum atomic E-state index is 13.0. The molecule has 0 saturated heterocycles. The Labute approximate surface area is 151 Å². The summed E-state index contributed by atoms with van der Waals surface area (Å²) in [5, 5.41) is 6.87. The third-order valence-electron chi connectivity index (χ3n) is 4.17. The summed E-state index contributed by atoms with van der Waals surface area (Å²) in [5.41, 5.74) is 2.82. The number of nitrogens with zero attached hydrogens (tertiary/aromatic N) is 2. The molecule has 0 radical (unpaired) electrons. The number of aryl methyl sites for hydroxylation is 2. The standard InChI is InChI=1S/C20H20FN3O2/c1-13-5-3-4-6-17(13)20-23-19(26-24-20)12-11-18(25)22-14(2)15-7-9-16(21)10-8-15/h3-10,14H,11-12H2,1-2H3,(H,22,25)/t14-/m1/s1. The van der Waals surface area contributed by atoms with Gasteiger partial charge in [0, 0.05) is 18.4 Å². The summed E-state index contributed by atoms with van der Waals surface area (Å²) in [6.45, 7) is 3.84. The molecule has 6 heteroatoms. The van der Waals surface area contributed by atoms with Crippen LogP contribution in [0.25, 0.3) is 11.4 Å². The molecule has 134 valence electrons. The fourth-order valence-electron chi connectivity index (χ4n) is 2.66. The lowest BCUT2D eigenvalue weighted by Crippen LogP contribution is -2.26. The van der Waals surface area contributed by atoms with Crippen molar-refractivity contribution in [1.29, 1.82) is 0 Å². The van der Waals surface area contributed by atoms with Gasteiger partial charge in [0.2, 0.25) is 17.6 Å². The second-order valence-electron chi connectivity index (χ2n) is 6.17. The van der Waals surface area contributed by atoms with Crippen molar-refractivity contribution in [3.8, 4) is 11.4 Å². The van der Waals surface area contributed by atoms with Crippen LogP contribution in [0.15, 0.2) is 53.1 Å². The minimum absolute atomic E-state index is 0.127. The Morgan fingerprint density at radius 1 is 1.19 bits per heavy atom. The molecule has 26 heavy (non-hydrogen) atoms. The van der Waals surface area contributed by atoms with E-state index in [4.69, 9.17) is 4.52 Å². The molecule has 0 spiro atoms. The van der Waals surface area contributed by atoms with Gasteiger partial charge in [-0.05, 0) is 37.1 Å². The first-order valence-electron chi connectivity index (χ1n) is 8.46. The van der Waals surface area contributed by atoms with Crippen LogP contribution >= 0.6 is 0 Å². The number of aromatic nitrogens is 2. The number of benzene rings is 2. The lowest BCUT2D eigenvalue weighted by Gasteiger charge is -2.13. The van der Waals surface area contributed by atoms with Gasteiger partial charge in [-0.1, -0.05) is 41.6 Å². The lowest BCUT2D eigenvalue weighted by molar-refractivity contribution is -0.121. The Morgan fingerprint density at radius 3 is 2.65 bits per heavy atom. The quantitative estimate of drug-likeness (QED) is 0.727. The molecule has 0 aliphatic carbocycles. The van der Waals surface area contributed by atoms with Gasteiger partial charge >= 0.3 is 0 Å². The second-order valence-corrected chi connectivity index (χ2v) is 6.17. The van der Waals surface area contributed by atoms with Crippen LogP contribution in [0.3, 0.4) is 0 Å². The first-order chi connectivity index (χ1) is 12.5.